The van der Waals surface area contributed by atoms with Crippen LogP contribution in [0.1, 0.15) is 22.3 Å². The van der Waals surface area contributed by atoms with Gasteiger partial charge in [0, 0.05) is 22.3 Å². The van der Waals surface area contributed by atoms with Crippen molar-refractivity contribution >= 4 is 22.3 Å². The molecule has 0 spiro atoms. The molecule has 0 aliphatic heterocycles. The first-order chi connectivity index (χ1) is 13.5. The molecule has 0 bridgehead atoms. The summed E-state index contributed by atoms with van der Waals surface area (Å²) >= 11 is 0. The molecule has 6 nitrogen and oxygen atoms in total. The van der Waals surface area contributed by atoms with Crippen molar-refractivity contribution in [3.8, 4) is 24.3 Å². The Balaban J connectivity index is 2.52. The molecule has 0 aromatic heterocycles. The quantitative estimate of drug-likeness (QED) is 0.501. The van der Waals surface area contributed by atoms with Crippen LogP contribution in [-0.4, -0.2) is 0 Å². The summed E-state index contributed by atoms with van der Waals surface area (Å²) in [5, 5.41) is 36.8. The maximum absolute atomic E-state index is 14.7. The maximum Gasteiger partial charge on any atom is 0.272 e. The van der Waals surface area contributed by atoms with E-state index in [-0.39, 0.29) is 22.3 Å². The van der Waals surface area contributed by atoms with Crippen molar-refractivity contribution in [2.24, 2.45) is 0 Å². The minimum Gasteiger partial charge on any atom is -0.226 e. The summed E-state index contributed by atoms with van der Waals surface area (Å²) in [5.74, 6) is -2.15. The summed E-state index contributed by atoms with van der Waals surface area (Å²) in [6.45, 7) is 14.1. The number of hydrogen-bond donors (Lipinski definition) is 0. The van der Waals surface area contributed by atoms with Crippen LogP contribution in [0.25, 0.3) is 32.0 Å². The van der Waals surface area contributed by atoms with E-state index in [0.29, 0.717) is 0 Å². The molecule has 1 aromatic rings. The number of rotatable bonds is 0. The Morgan fingerprint density at radius 2 is 1.07 bits per heavy atom. The third-order valence-corrected chi connectivity index (χ3v) is 4.25. The molecule has 0 heterocycles. The first-order valence-corrected chi connectivity index (χ1v) is 7.32. The molecule has 0 saturated heterocycles. The molecule has 3 rings (SSSR count). The molecule has 28 heavy (non-hydrogen) atoms. The van der Waals surface area contributed by atoms with Gasteiger partial charge in [-0.2, -0.15) is 10.5 Å². The smallest absolute Gasteiger partial charge is 0.226 e. The zero-order valence-corrected chi connectivity index (χ0v) is 13.6. The molecular weight excluding hydrogens is 362 g/mol. The van der Waals surface area contributed by atoms with E-state index in [1.54, 1.807) is 24.3 Å². The third-order valence-electron chi connectivity index (χ3n) is 4.25. The fraction of sp³-hybridized carbons (Fsp3) is 0. The molecule has 0 saturated carbocycles. The van der Waals surface area contributed by atoms with Crippen LogP contribution in [0.5, 0.6) is 0 Å². The van der Waals surface area contributed by atoms with Gasteiger partial charge in [-0.15, -0.1) is 0 Å². The SMILES string of the molecule is [C-]#[N+]/C(C#N)=C1\C(F)=C(C#N)c2cc3c(cc21)C(C#N)=C(F)/C3=C(\C#N)[N+]#[C-]. The number of hydrogen-bond acceptors (Lipinski definition) is 4. The number of fused-ring (bicyclic) bond motifs is 2. The highest BCUT2D eigenvalue weighted by Gasteiger charge is 2.36. The predicted octanol–water partition coefficient (Wildman–Crippen LogP) is 4.43. The molecular formula is C20H2F2N6. The van der Waals surface area contributed by atoms with Crippen LogP contribution >= 0.6 is 0 Å². The largest absolute Gasteiger partial charge is 0.272 e. The lowest BCUT2D eigenvalue weighted by Gasteiger charge is -2.08. The average Bonchev–Trinajstić information content (AvgIpc) is 3.13. The lowest BCUT2D eigenvalue weighted by atomic mass is 9.93. The molecule has 1 aromatic carbocycles. The minimum atomic E-state index is -1.08. The van der Waals surface area contributed by atoms with E-state index in [1.807, 2.05) is 0 Å². The highest BCUT2D eigenvalue weighted by Crippen LogP contribution is 2.50. The Hall–Kier alpha value is -5.02. The van der Waals surface area contributed by atoms with Crippen molar-refractivity contribution < 1.29 is 8.78 Å². The van der Waals surface area contributed by atoms with E-state index in [1.165, 1.54) is 12.1 Å². The van der Waals surface area contributed by atoms with Gasteiger partial charge in [0.15, 0.2) is 0 Å². The predicted molar refractivity (Wildman–Crippen MR) is 92.0 cm³/mol. The molecule has 8 heteroatoms. The van der Waals surface area contributed by atoms with Crippen molar-refractivity contribution in [1.29, 1.82) is 21.0 Å². The molecule has 2 aliphatic rings. The molecule has 126 valence electrons. The van der Waals surface area contributed by atoms with Crippen LogP contribution in [0.2, 0.25) is 0 Å². The zero-order valence-electron chi connectivity index (χ0n) is 13.6. The van der Waals surface area contributed by atoms with Crippen molar-refractivity contribution in [2.45, 2.75) is 0 Å². The second-order valence-corrected chi connectivity index (χ2v) is 5.44. The van der Waals surface area contributed by atoms with Gasteiger partial charge in [0.05, 0.1) is 36.4 Å². The molecule has 2 aliphatic carbocycles. The molecule has 0 N–H and O–H groups in total. The van der Waals surface area contributed by atoms with E-state index >= 15 is 0 Å². The topological polar surface area (TPSA) is 104 Å². The van der Waals surface area contributed by atoms with Crippen LogP contribution in [0.4, 0.5) is 8.78 Å². The first kappa shape index (κ1) is 17.8. The summed E-state index contributed by atoms with van der Waals surface area (Å²) in [6.07, 6.45) is 0. The normalized spacial score (nSPS) is 17.3. The van der Waals surface area contributed by atoms with Gasteiger partial charge < -0.3 is 0 Å². The monoisotopic (exact) mass is 364 g/mol. The highest BCUT2D eigenvalue weighted by molar-refractivity contribution is 6.10. The number of nitriles is 4. The van der Waals surface area contributed by atoms with Crippen LogP contribution in [-0.2, 0) is 0 Å². The highest BCUT2D eigenvalue weighted by atomic mass is 19.1. The van der Waals surface area contributed by atoms with Gasteiger partial charge in [0.25, 0.3) is 11.4 Å². The van der Waals surface area contributed by atoms with Gasteiger partial charge in [-0.25, -0.2) is 29.0 Å². The van der Waals surface area contributed by atoms with Gasteiger partial charge in [0.2, 0.25) is 0 Å². The number of allylic oxidation sites excluding steroid dienone is 8. The lowest BCUT2D eigenvalue weighted by molar-refractivity contribution is 0.681. The fourth-order valence-corrected chi connectivity index (χ4v) is 3.11. The fourth-order valence-electron chi connectivity index (χ4n) is 3.11. The van der Waals surface area contributed by atoms with Crippen LogP contribution in [0.3, 0.4) is 0 Å². The standard InChI is InChI=1S/C20H2F2N6/c1-27-15(7-25)17-11-3-10-12(4-9(11)13(5-23)19(17)21)18(16(8-26)28-2)20(22)14(10)6-24/h3-4H/b17-15-,18-16+. The number of nitrogens with zero attached hydrogens (tertiary/aromatic N) is 6. The van der Waals surface area contributed by atoms with Gasteiger partial charge >= 0.3 is 0 Å². The average molecular weight is 364 g/mol. The first-order valence-electron chi connectivity index (χ1n) is 7.32. The second-order valence-electron chi connectivity index (χ2n) is 5.44. The van der Waals surface area contributed by atoms with Crippen LogP contribution < -0.4 is 0 Å². The Kier molecular flexibility index (Phi) is 4.05. The van der Waals surface area contributed by atoms with Crippen molar-refractivity contribution in [3.63, 3.8) is 0 Å². The van der Waals surface area contributed by atoms with Gasteiger partial charge in [-0.3, -0.25) is 0 Å². The molecule has 0 unspecified atom stereocenters. The summed E-state index contributed by atoms with van der Waals surface area (Å²) in [4.78, 5) is 5.93. The molecule has 0 fully saturated rings. The minimum absolute atomic E-state index is 0.0107. The Morgan fingerprint density at radius 1 is 0.714 bits per heavy atom. The van der Waals surface area contributed by atoms with Crippen molar-refractivity contribution in [2.75, 3.05) is 0 Å². The van der Waals surface area contributed by atoms with E-state index in [0.717, 1.165) is 0 Å². The maximum atomic E-state index is 14.7. The van der Waals surface area contributed by atoms with E-state index < -0.39 is 45.3 Å². The Morgan fingerprint density at radius 3 is 1.32 bits per heavy atom. The molecule has 0 radical (unpaired) electrons. The van der Waals surface area contributed by atoms with Crippen LogP contribution in [0.15, 0.2) is 35.2 Å². The van der Waals surface area contributed by atoms with Crippen LogP contribution in [0, 0.1) is 58.5 Å². The second kappa shape index (κ2) is 6.37. The van der Waals surface area contributed by atoms with E-state index in [9.17, 15) is 19.3 Å². The molecule has 0 atom stereocenters. The van der Waals surface area contributed by atoms with Gasteiger partial charge in [-0.1, -0.05) is 0 Å². The van der Waals surface area contributed by atoms with Crippen molar-refractivity contribution in [1.82, 2.24) is 0 Å². The van der Waals surface area contributed by atoms with Crippen molar-refractivity contribution in [3.05, 3.63) is 80.3 Å². The zero-order chi connectivity index (χ0) is 20.6. The summed E-state index contributed by atoms with van der Waals surface area (Å²) in [7, 11) is 0. The summed E-state index contributed by atoms with van der Waals surface area (Å²) in [6, 6.07) is 8.79. The van der Waals surface area contributed by atoms with E-state index in [4.69, 9.17) is 23.7 Å². The third kappa shape index (κ3) is 2.11. The van der Waals surface area contributed by atoms with Gasteiger partial charge in [0.1, 0.15) is 23.8 Å². The van der Waals surface area contributed by atoms with E-state index in [2.05, 4.69) is 9.69 Å². The molecule has 0 amide bonds. The van der Waals surface area contributed by atoms with Gasteiger partial charge in [-0.05, 0) is 23.3 Å². The summed E-state index contributed by atoms with van der Waals surface area (Å²) in [5.41, 5.74) is -2.99. The number of benzene rings is 1. The Bertz CT molecular complexity index is 1240. The summed E-state index contributed by atoms with van der Waals surface area (Å²) < 4.78 is 29.5. The lowest BCUT2D eigenvalue weighted by Crippen LogP contribution is -1.93. The number of halogens is 2. The Labute approximate surface area is 157 Å².